The first-order valence-electron chi connectivity index (χ1n) is 8.05. The van der Waals surface area contributed by atoms with E-state index in [0.29, 0.717) is 0 Å². The number of hydrogen-bond donors (Lipinski definition) is 5. The Labute approximate surface area is 145 Å². The van der Waals surface area contributed by atoms with Gasteiger partial charge in [0.05, 0.1) is 5.56 Å². The fraction of sp³-hybridized carbons (Fsp3) is 0.438. The second kappa shape index (κ2) is 7.93. The molecule has 1 aliphatic rings. The molecule has 25 heavy (non-hydrogen) atoms. The Kier molecular flexibility index (Phi) is 5.92. The lowest BCUT2D eigenvalue weighted by molar-refractivity contribution is -0.112. The maximum Gasteiger partial charge on any atom is 0.252 e. The lowest BCUT2D eigenvalue weighted by Crippen LogP contribution is -2.43. The van der Waals surface area contributed by atoms with Crippen molar-refractivity contribution < 1.29 is 14.0 Å². The molecule has 1 heterocycles. The quantitative estimate of drug-likeness (QED) is 0.496. The molecule has 1 aromatic rings. The Balaban J connectivity index is 2.31. The van der Waals surface area contributed by atoms with Crippen LogP contribution in [0.4, 0.5) is 16.0 Å². The molecule has 8 N–H and O–H groups in total. The Morgan fingerprint density at radius 1 is 1.28 bits per heavy atom. The number of carbonyl (C=O) groups excluding carboxylic acids is 2. The van der Waals surface area contributed by atoms with Crippen LogP contribution in [0.3, 0.4) is 0 Å². The molecule has 1 aliphatic carbocycles. The van der Waals surface area contributed by atoms with Gasteiger partial charge in [0.25, 0.3) is 11.8 Å². The molecule has 9 heteroatoms. The number of nitrogens with zero attached hydrogens (tertiary/aromatic N) is 1. The Hall–Kier alpha value is -2.68. The standard InChI is InChI=1S/C16H23FN6O2/c1-8(18)6-13(24)22-15-9(14(20)25)7-10(17)16(23-15)21-12-5-3-2-4-11(12)19/h6-7,11-12H,2-5,18-19H2,1H3,(H2,20,25)(H2,21,22,23,24)/t11-,12+/m0/s1. The fourth-order valence-electron chi connectivity index (χ4n) is 2.75. The highest BCUT2D eigenvalue weighted by Crippen LogP contribution is 2.25. The van der Waals surface area contributed by atoms with Crippen LogP contribution in [0.25, 0.3) is 0 Å². The van der Waals surface area contributed by atoms with Crippen molar-refractivity contribution in [1.82, 2.24) is 4.98 Å². The van der Waals surface area contributed by atoms with Crippen LogP contribution in [0.1, 0.15) is 43.0 Å². The number of hydrogen-bond acceptors (Lipinski definition) is 6. The summed E-state index contributed by atoms with van der Waals surface area (Å²) in [5.74, 6) is -2.47. The van der Waals surface area contributed by atoms with Gasteiger partial charge in [-0.1, -0.05) is 12.8 Å². The first-order chi connectivity index (χ1) is 11.8. The summed E-state index contributed by atoms with van der Waals surface area (Å²) in [7, 11) is 0. The van der Waals surface area contributed by atoms with E-state index in [1.54, 1.807) is 0 Å². The van der Waals surface area contributed by atoms with Crippen LogP contribution in [-0.2, 0) is 4.79 Å². The first-order valence-corrected chi connectivity index (χ1v) is 8.05. The second-order valence-electron chi connectivity index (χ2n) is 6.16. The SMILES string of the molecule is CC(N)=CC(=O)Nc1nc(N[C@@H]2CCCC[C@@H]2N)c(F)cc1C(N)=O. The maximum absolute atomic E-state index is 14.3. The Morgan fingerprint density at radius 3 is 2.56 bits per heavy atom. The first kappa shape index (κ1) is 18.7. The number of rotatable bonds is 5. The minimum atomic E-state index is -0.906. The molecule has 2 atom stereocenters. The highest BCUT2D eigenvalue weighted by molar-refractivity contribution is 6.05. The molecule has 2 rings (SSSR count). The number of carbonyl (C=O) groups is 2. The molecule has 0 radical (unpaired) electrons. The largest absolute Gasteiger partial charge is 0.402 e. The van der Waals surface area contributed by atoms with Crippen molar-refractivity contribution >= 4 is 23.5 Å². The van der Waals surface area contributed by atoms with E-state index < -0.39 is 17.6 Å². The third-order valence-electron chi connectivity index (χ3n) is 3.98. The molecule has 0 spiro atoms. The molecule has 0 unspecified atom stereocenters. The lowest BCUT2D eigenvalue weighted by atomic mass is 9.91. The number of pyridine rings is 1. The van der Waals surface area contributed by atoms with E-state index in [2.05, 4.69) is 15.6 Å². The number of aromatic nitrogens is 1. The van der Waals surface area contributed by atoms with E-state index in [9.17, 15) is 14.0 Å². The zero-order chi connectivity index (χ0) is 18.6. The van der Waals surface area contributed by atoms with Gasteiger partial charge >= 0.3 is 0 Å². The van der Waals surface area contributed by atoms with Gasteiger partial charge in [-0.15, -0.1) is 0 Å². The smallest absolute Gasteiger partial charge is 0.252 e. The summed E-state index contributed by atoms with van der Waals surface area (Å²) >= 11 is 0. The van der Waals surface area contributed by atoms with Crippen molar-refractivity contribution in [3.8, 4) is 0 Å². The van der Waals surface area contributed by atoms with Crippen LogP contribution >= 0.6 is 0 Å². The summed E-state index contributed by atoms with van der Waals surface area (Å²) in [5.41, 5.74) is 16.8. The minimum absolute atomic E-state index is 0.0869. The van der Waals surface area contributed by atoms with Crippen LogP contribution in [0.2, 0.25) is 0 Å². The molecule has 8 nitrogen and oxygen atoms in total. The molecule has 1 aromatic heterocycles. The van der Waals surface area contributed by atoms with Gasteiger partial charge < -0.3 is 27.8 Å². The van der Waals surface area contributed by atoms with E-state index in [1.165, 1.54) is 6.92 Å². The molecule has 0 saturated heterocycles. The number of primary amides is 1. The molecule has 0 aliphatic heterocycles. The lowest BCUT2D eigenvalue weighted by Gasteiger charge is -2.30. The van der Waals surface area contributed by atoms with Gasteiger partial charge in [0.1, 0.15) is 5.82 Å². The van der Waals surface area contributed by atoms with Crippen molar-refractivity contribution in [2.75, 3.05) is 10.6 Å². The van der Waals surface area contributed by atoms with Crippen LogP contribution < -0.4 is 27.8 Å². The fourth-order valence-corrected chi connectivity index (χ4v) is 2.75. The number of nitrogens with two attached hydrogens (primary N) is 3. The van der Waals surface area contributed by atoms with Gasteiger partial charge in [0.15, 0.2) is 11.6 Å². The molecule has 0 bridgehead atoms. The van der Waals surface area contributed by atoms with Gasteiger partial charge in [-0.25, -0.2) is 9.37 Å². The van der Waals surface area contributed by atoms with Crippen LogP contribution in [0.15, 0.2) is 17.8 Å². The number of nitrogens with one attached hydrogen (secondary N) is 2. The minimum Gasteiger partial charge on any atom is -0.402 e. The van der Waals surface area contributed by atoms with Crippen molar-refractivity contribution in [2.45, 2.75) is 44.7 Å². The normalized spacial score (nSPS) is 20.8. The van der Waals surface area contributed by atoms with E-state index >= 15 is 0 Å². The average Bonchev–Trinajstić information content (AvgIpc) is 2.51. The number of anilines is 2. The summed E-state index contributed by atoms with van der Waals surface area (Å²) in [6.45, 7) is 1.53. The summed E-state index contributed by atoms with van der Waals surface area (Å²) < 4.78 is 14.3. The topological polar surface area (TPSA) is 149 Å². The van der Waals surface area contributed by atoms with Crippen LogP contribution in [-0.4, -0.2) is 28.9 Å². The van der Waals surface area contributed by atoms with E-state index in [1.807, 2.05) is 0 Å². The number of halogens is 1. The van der Waals surface area contributed by atoms with Gasteiger partial charge in [0.2, 0.25) is 0 Å². The van der Waals surface area contributed by atoms with Crippen molar-refractivity contribution in [3.05, 3.63) is 29.2 Å². The predicted octanol–water partition coefficient (Wildman–Crippen LogP) is 0.802. The molecule has 0 aromatic carbocycles. The molecule has 1 fully saturated rings. The van der Waals surface area contributed by atoms with E-state index in [-0.39, 0.29) is 35.0 Å². The third kappa shape index (κ3) is 4.90. The zero-order valence-electron chi connectivity index (χ0n) is 14.0. The number of amides is 2. The number of allylic oxidation sites excluding steroid dienone is 1. The second-order valence-corrected chi connectivity index (χ2v) is 6.16. The van der Waals surface area contributed by atoms with Gasteiger partial charge in [-0.2, -0.15) is 0 Å². The van der Waals surface area contributed by atoms with Crippen LogP contribution in [0.5, 0.6) is 0 Å². The van der Waals surface area contributed by atoms with Gasteiger partial charge in [-0.05, 0) is 25.8 Å². The van der Waals surface area contributed by atoms with E-state index in [0.717, 1.165) is 37.8 Å². The molecule has 2 amide bonds. The third-order valence-corrected chi connectivity index (χ3v) is 3.98. The highest BCUT2D eigenvalue weighted by Gasteiger charge is 2.24. The Bertz CT molecular complexity index is 702. The Morgan fingerprint density at radius 2 is 1.96 bits per heavy atom. The monoisotopic (exact) mass is 350 g/mol. The van der Waals surface area contributed by atoms with Crippen molar-refractivity contribution in [2.24, 2.45) is 17.2 Å². The van der Waals surface area contributed by atoms with Crippen molar-refractivity contribution in [3.63, 3.8) is 0 Å². The summed E-state index contributed by atoms with van der Waals surface area (Å²) in [4.78, 5) is 27.4. The molecule has 136 valence electrons. The van der Waals surface area contributed by atoms with E-state index in [4.69, 9.17) is 17.2 Å². The van der Waals surface area contributed by atoms with Gasteiger partial charge in [-0.3, -0.25) is 9.59 Å². The molecule has 1 saturated carbocycles. The zero-order valence-corrected chi connectivity index (χ0v) is 14.0. The molecular formula is C16H23FN6O2. The summed E-state index contributed by atoms with van der Waals surface area (Å²) in [6, 6.07) is 0.692. The van der Waals surface area contributed by atoms with Gasteiger partial charge in [0, 0.05) is 23.9 Å². The predicted molar refractivity (Wildman–Crippen MR) is 93.1 cm³/mol. The van der Waals surface area contributed by atoms with Crippen molar-refractivity contribution in [1.29, 1.82) is 0 Å². The highest BCUT2D eigenvalue weighted by atomic mass is 19.1. The summed E-state index contributed by atoms with van der Waals surface area (Å²) in [6.07, 6.45) is 4.76. The van der Waals surface area contributed by atoms with Crippen LogP contribution in [0, 0.1) is 5.82 Å². The molecular weight excluding hydrogens is 327 g/mol. The maximum atomic E-state index is 14.3. The summed E-state index contributed by atoms with van der Waals surface area (Å²) in [5, 5.41) is 5.36. The average molecular weight is 350 g/mol.